The summed E-state index contributed by atoms with van der Waals surface area (Å²) in [6, 6.07) is -0.141. The van der Waals surface area contributed by atoms with E-state index in [0.717, 1.165) is 30.4 Å². The fourth-order valence-electron chi connectivity index (χ4n) is 3.55. The van der Waals surface area contributed by atoms with Crippen LogP contribution in [0.4, 0.5) is 0 Å². The molecule has 3 heterocycles. The zero-order chi connectivity index (χ0) is 17.3. The second kappa shape index (κ2) is 6.78. The van der Waals surface area contributed by atoms with Crippen molar-refractivity contribution in [2.45, 2.75) is 38.3 Å². The Morgan fingerprint density at radius 3 is 2.83 bits per heavy atom. The SMILES string of the molecule is CS(=O)(=O)N1CCc2c(cncc2C(=O)N2CCCCC2CO)C1. The van der Waals surface area contributed by atoms with Crippen LogP contribution in [0.1, 0.15) is 40.7 Å². The lowest BCUT2D eigenvalue weighted by molar-refractivity contribution is 0.0501. The Morgan fingerprint density at radius 1 is 1.33 bits per heavy atom. The van der Waals surface area contributed by atoms with Gasteiger partial charge in [-0.15, -0.1) is 0 Å². The van der Waals surface area contributed by atoms with Gasteiger partial charge in [-0.05, 0) is 36.8 Å². The third-order valence-electron chi connectivity index (χ3n) is 4.90. The van der Waals surface area contributed by atoms with Crippen LogP contribution in [-0.4, -0.2) is 65.6 Å². The predicted octanol–water partition coefficient (Wildman–Crippen LogP) is 0.386. The van der Waals surface area contributed by atoms with E-state index < -0.39 is 10.0 Å². The molecule has 1 saturated heterocycles. The normalized spacial score (nSPS) is 22.2. The Morgan fingerprint density at radius 2 is 2.12 bits per heavy atom. The van der Waals surface area contributed by atoms with Crippen molar-refractivity contribution in [2.24, 2.45) is 0 Å². The highest BCUT2D eigenvalue weighted by atomic mass is 32.2. The van der Waals surface area contributed by atoms with Crippen molar-refractivity contribution in [1.82, 2.24) is 14.2 Å². The van der Waals surface area contributed by atoms with Gasteiger partial charge in [-0.2, -0.15) is 4.31 Å². The average molecular weight is 353 g/mol. The molecule has 1 unspecified atom stereocenters. The molecule has 0 bridgehead atoms. The molecule has 0 radical (unpaired) electrons. The third-order valence-corrected chi connectivity index (χ3v) is 6.15. The van der Waals surface area contributed by atoms with E-state index in [9.17, 15) is 18.3 Å². The number of hydrogen-bond donors (Lipinski definition) is 1. The van der Waals surface area contributed by atoms with Crippen LogP contribution in [0, 0.1) is 0 Å². The summed E-state index contributed by atoms with van der Waals surface area (Å²) < 4.78 is 24.9. The number of pyridine rings is 1. The molecular weight excluding hydrogens is 330 g/mol. The van der Waals surface area contributed by atoms with Crippen molar-refractivity contribution in [3.63, 3.8) is 0 Å². The first kappa shape index (κ1) is 17.3. The summed E-state index contributed by atoms with van der Waals surface area (Å²) in [5, 5.41) is 9.54. The number of sulfonamides is 1. The molecule has 7 nitrogen and oxygen atoms in total. The van der Waals surface area contributed by atoms with Crippen LogP contribution in [0.2, 0.25) is 0 Å². The molecule has 1 N–H and O–H groups in total. The lowest BCUT2D eigenvalue weighted by Crippen LogP contribution is -2.46. The maximum absolute atomic E-state index is 13.0. The number of aliphatic hydroxyl groups is 1. The summed E-state index contributed by atoms with van der Waals surface area (Å²) in [4.78, 5) is 18.9. The minimum atomic E-state index is -3.26. The molecule has 0 saturated carbocycles. The topological polar surface area (TPSA) is 90.8 Å². The molecule has 1 amide bonds. The van der Waals surface area contributed by atoms with Crippen LogP contribution >= 0.6 is 0 Å². The maximum Gasteiger partial charge on any atom is 0.256 e. The molecule has 1 aromatic heterocycles. The van der Waals surface area contributed by atoms with Crippen molar-refractivity contribution < 1.29 is 18.3 Å². The predicted molar refractivity (Wildman–Crippen MR) is 89.0 cm³/mol. The van der Waals surface area contributed by atoms with E-state index in [1.54, 1.807) is 17.3 Å². The largest absolute Gasteiger partial charge is 0.394 e. The standard InChI is InChI=1S/C16H23N3O4S/c1-24(22,23)18-7-5-14-12(10-18)8-17-9-15(14)16(21)19-6-3-2-4-13(19)11-20/h8-9,13,20H,2-7,10-11H2,1H3. The molecular formula is C16H23N3O4S. The molecule has 0 aromatic carbocycles. The minimum Gasteiger partial charge on any atom is -0.394 e. The van der Waals surface area contributed by atoms with Gasteiger partial charge in [0, 0.05) is 32.0 Å². The van der Waals surface area contributed by atoms with Crippen LogP contribution in [0.15, 0.2) is 12.4 Å². The van der Waals surface area contributed by atoms with E-state index in [2.05, 4.69) is 4.98 Å². The fourth-order valence-corrected chi connectivity index (χ4v) is 4.34. The number of piperidine rings is 1. The van der Waals surface area contributed by atoms with Gasteiger partial charge >= 0.3 is 0 Å². The Labute approximate surface area is 142 Å². The summed E-state index contributed by atoms with van der Waals surface area (Å²) in [5.41, 5.74) is 2.22. The zero-order valence-corrected chi connectivity index (χ0v) is 14.6. The van der Waals surface area contributed by atoms with Gasteiger partial charge in [-0.3, -0.25) is 9.78 Å². The number of amides is 1. The molecule has 1 fully saturated rings. The molecule has 24 heavy (non-hydrogen) atoms. The molecule has 132 valence electrons. The van der Waals surface area contributed by atoms with Gasteiger partial charge in [0.05, 0.1) is 24.5 Å². The molecule has 1 aromatic rings. The van der Waals surface area contributed by atoms with Crippen LogP contribution in [0.3, 0.4) is 0 Å². The van der Waals surface area contributed by atoms with Crippen LogP contribution < -0.4 is 0 Å². The van der Waals surface area contributed by atoms with E-state index in [-0.39, 0.29) is 25.1 Å². The van der Waals surface area contributed by atoms with E-state index in [0.29, 0.717) is 25.1 Å². The van der Waals surface area contributed by atoms with Crippen LogP contribution in [0.5, 0.6) is 0 Å². The van der Waals surface area contributed by atoms with Gasteiger partial charge in [0.2, 0.25) is 10.0 Å². The summed E-state index contributed by atoms with van der Waals surface area (Å²) in [6.07, 6.45) is 7.68. The third kappa shape index (κ3) is 3.31. The number of aromatic nitrogens is 1. The van der Waals surface area contributed by atoms with Gasteiger partial charge in [0.15, 0.2) is 0 Å². The molecule has 2 aliphatic heterocycles. The van der Waals surface area contributed by atoms with Gasteiger partial charge in [-0.1, -0.05) is 0 Å². The summed E-state index contributed by atoms with van der Waals surface area (Å²) in [5.74, 6) is -0.106. The van der Waals surface area contributed by atoms with Crippen LogP contribution in [0.25, 0.3) is 0 Å². The van der Waals surface area contributed by atoms with E-state index in [1.807, 2.05) is 0 Å². The molecule has 1 atom stereocenters. The first-order chi connectivity index (χ1) is 11.4. The minimum absolute atomic E-state index is 0.0317. The molecule has 0 aliphatic carbocycles. The highest BCUT2D eigenvalue weighted by Gasteiger charge is 2.31. The number of carbonyl (C=O) groups excluding carboxylic acids is 1. The van der Waals surface area contributed by atoms with Crippen molar-refractivity contribution in [2.75, 3.05) is 26.0 Å². The second-order valence-corrected chi connectivity index (χ2v) is 8.48. The zero-order valence-electron chi connectivity index (χ0n) is 13.8. The number of hydrogen-bond acceptors (Lipinski definition) is 5. The smallest absolute Gasteiger partial charge is 0.256 e. The van der Waals surface area contributed by atoms with Crippen molar-refractivity contribution in [1.29, 1.82) is 0 Å². The van der Waals surface area contributed by atoms with E-state index in [4.69, 9.17) is 0 Å². The van der Waals surface area contributed by atoms with Gasteiger partial charge < -0.3 is 10.0 Å². The van der Waals surface area contributed by atoms with Crippen molar-refractivity contribution in [3.05, 3.63) is 29.1 Å². The van der Waals surface area contributed by atoms with Crippen molar-refractivity contribution in [3.8, 4) is 0 Å². The number of fused-ring (bicyclic) bond motifs is 1. The highest BCUT2D eigenvalue weighted by molar-refractivity contribution is 7.88. The Balaban J connectivity index is 1.89. The fraction of sp³-hybridized carbons (Fsp3) is 0.625. The number of aliphatic hydroxyl groups excluding tert-OH is 1. The Hall–Kier alpha value is -1.51. The maximum atomic E-state index is 13.0. The van der Waals surface area contributed by atoms with Gasteiger partial charge in [0.1, 0.15) is 0 Å². The quantitative estimate of drug-likeness (QED) is 0.849. The number of rotatable bonds is 3. The lowest BCUT2D eigenvalue weighted by atomic mass is 9.95. The Bertz CT molecular complexity index is 735. The molecule has 3 rings (SSSR count). The van der Waals surface area contributed by atoms with Crippen LogP contribution in [-0.2, 0) is 23.0 Å². The average Bonchev–Trinajstić information content (AvgIpc) is 2.59. The number of likely N-dealkylation sites (tertiary alicyclic amines) is 1. The van der Waals surface area contributed by atoms with E-state index >= 15 is 0 Å². The Kier molecular flexibility index (Phi) is 4.89. The molecule has 8 heteroatoms. The van der Waals surface area contributed by atoms with Crippen molar-refractivity contribution >= 4 is 15.9 Å². The summed E-state index contributed by atoms with van der Waals surface area (Å²) in [7, 11) is -3.26. The van der Waals surface area contributed by atoms with Gasteiger partial charge in [0.25, 0.3) is 5.91 Å². The monoisotopic (exact) mass is 353 g/mol. The van der Waals surface area contributed by atoms with E-state index in [1.165, 1.54) is 10.6 Å². The first-order valence-electron chi connectivity index (χ1n) is 8.24. The number of nitrogens with zero attached hydrogens (tertiary/aromatic N) is 3. The first-order valence-corrected chi connectivity index (χ1v) is 10.1. The highest BCUT2D eigenvalue weighted by Crippen LogP contribution is 2.26. The molecule has 2 aliphatic rings. The lowest BCUT2D eigenvalue weighted by Gasteiger charge is -2.35. The summed E-state index contributed by atoms with van der Waals surface area (Å²) >= 11 is 0. The summed E-state index contributed by atoms with van der Waals surface area (Å²) in [6.45, 7) is 1.24. The second-order valence-electron chi connectivity index (χ2n) is 6.50. The number of carbonyl (C=O) groups is 1. The molecule has 0 spiro atoms. The van der Waals surface area contributed by atoms with Gasteiger partial charge in [-0.25, -0.2) is 8.42 Å².